The van der Waals surface area contributed by atoms with Crippen LogP contribution >= 0.6 is 0 Å². The van der Waals surface area contributed by atoms with E-state index in [9.17, 15) is 9.59 Å². The second kappa shape index (κ2) is 9.39. The summed E-state index contributed by atoms with van der Waals surface area (Å²) in [6, 6.07) is 7.91. The van der Waals surface area contributed by atoms with Gasteiger partial charge >= 0.3 is 6.03 Å². The number of aryl methyl sites for hydroxylation is 1. The van der Waals surface area contributed by atoms with Crippen molar-refractivity contribution in [1.29, 1.82) is 0 Å². The number of carbonyl (C=O) groups is 2. The minimum absolute atomic E-state index is 0.0252. The molecule has 1 atom stereocenters. The first-order valence-electron chi connectivity index (χ1n) is 10.1. The Labute approximate surface area is 167 Å². The smallest absolute Gasteiger partial charge is 0.320 e. The van der Waals surface area contributed by atoms with Gasteiger partial charge in [-0.2, -0.15) is 0 Å². The van der Waals surface area contributed by atoms with Crippen molar-refractivity contribution < 1.29 is 14.3 Å². The van der Waals surface area contributed by atoms with Gasteiger partial charge in [0.25, 0.3) is 0 Å². The Kier molecular flexibility index (Phi) is 6.91. The zero-order chi connectivity index (χ0) is 20.1. The van der Waals surface area contributed by atoms with E-state index >= 15 is 0 Å². The monoisotopic (exact) mass is 388 g/mol. The third-order valence-corrected chi connectivity index (χ3v) is 5.64. The number of hydrogen-bond donors (Lipinski definition) is 1. The first-order chi connectivity index (χ1) is 13.5. The highest BCUT2D eigenvalue weighted by atomic mass is 16.5. The predicted octanol–water partition coefficient (Wildman–Crippen LogP) is 1.63. The molecule has 0 bridgehead atoms. The predicted molar refractivity (Wildman–Crippen MR) is 108 cm³/mol. The summed E-state index contributed by atoms with van der Waals surface area (Å²) in [5.41, 5.74) is 2.15. The Morgan fingerprint density at radius 1 is 1.07 bits per heavy atom. The lowest BCUT2D eigenvalue weighted by Crippen LogP contribution is -2.53. The number of urea groups is 1. The lowest BCUT2D eigenvalue weighted by Gasteiger charge is -2.37. The van der Waals surface area contributed by atoms with Crippen molar-refractivity contribution in [2.45, 2.75) is 31.8 Å². The summed E-state index contributed by atoms with van der Waals surface area (Å²) in [4.78, 5) is 31.3. The van der Waals surface area contributed by atoms with Gasteiger partial charge in [-0.05, 0) is 45.0 Å². The van der Waals surface area contributed by atoms with Crippen LogP contribution in [0.1, 0.15) is 30.0 Å². The van der Waals surface area contributed by atoms with Gasteiger partial charge in [0.1, 0.15) is 6.04 Å². The number of hydrogen-bond acceptors (Lipinski definition) is 4. The number of ether oxygens (including phenoxy) is 1. The first-order valence-corrected chi connectivity index (χ1v) is 10.1. The lowest BCUT2D eigenvalue weighted by atomic mass is 9.98. The molecule has 154 valence electrons. The fourth-order valence-electron chi connectivity index (χ4n) is 4.00. The molecule has 2 aliphatic heterocycles. The van der Waals surface area contributed by atoms with Crippen LogP contribution < -0.4 is 5.32 Å². The van der Waals surface area contributed by atoms with Crippen LogP contribution in [0.25, 0.3) is 0 Å². The molecule has 0 spiro atoms. The molecule has 0 radical (unpaired) electrons. The van der Waals surface area contributed by atoms with E-state index in [1.54, 1.807) is 0 Å². The van der Waals surface area contributed by atoms with Crippen LogP contribution in [0.4, 0.5) is 4.79 Å². The highest BCUT2D eigenvalue weighted by Crippen LogP contribution is 2.23. The Morgan fingerprint density at radius 2 is 1.68 bits per heavy atom. The van der Waals surface area contributed by atoms with Gasteiger partial charge in [-0.1, -0.05) is 24.3 Å². The van der Waals surface area contributed by atoms with E-state index in [-0.39, 0.29) is 24.0 Å². The molecule has 2 saturated heterocycles. The normalized spacial score (nSPS) is 19.6. The number of likely N-dealkylation sites (tertiary alicyclic amines) is 1. The summed E-state index contributed by atoms with van der Waals surface area (Å²) in [6.07, 6.45) is 1.57. The van der Waals surface area contributed by atoms with Crippen LogP contribution in [-0.2, 0) is 9.53 Å². The molecule has 0 aliphatic carbocycles. The van der Waals surface area contributed by atoms with Gasteiger partial charge in [-0.25, -0.2) is 4.79 Å². The van der Waals surface area contributed by atoms with Crippen LogP contribution in [-0.4, -0.2) is 86.2 Å². The molecule has 0 aromatic heterocycles. The Balaban J connectivity index is 1.55. The fraction of sp³-hybridized carbons (Fsp3) is 0.619. The quantitative estimate of drug-likeness (QED) is 0.852. The van der Waals surface area contributed by atoms with E-state index in [4.69, 9.17) is 4.74 Å². The average Bonchev–Trinajstić information content (AvgIpc) is 2.70. The minimum atomic E-state index is -0.311. The first kappa shape index (κ1) is 20.6. The van der Waals surface area contributed by atoms with Gasteiger partial charge in [0.2, 0.25) is 5.91 Å². The zero-order valence-corrected chi connectivity index (χ0v) is 17.2. The van der Waals surface area contributed by atoms with Crippen LogP contribution in [0.2, 0.25) is 0 Å². The summed E-state index contributed by atoms with van der Waals surface area (Å²) in [7, 11) is 3.86. The number of nitrogens with zero attached hydrogens (tertiary/aromatic N) is 3. The third kappa shape index (κ3) is 4.83. The van der Waals surface area contributed by atoms with Crippen molar-refractivity contribution >= 4 is 11.9 Å². The maximum Gasteiger partial charge on any atom is 0.320 e. The number of rotatable bonds is 4. The Hall–Kier alpha value is -2.12. The number of likely N-dealkylation sites (N-methyl/N-ethyl adjacent to an activating group) is 1. The van der Waals surface area contributed by atoms with Crippen LogP contribution in [0, 0.1) is 6.92 Å². The highest BCUT2D eigenvalue weighted by molar-refractivity contribution is 5.84. The molecule has 2 fully saturated rings. The number of carbonyl (C=O) groups excluding carboxylic acids is 2. The van der Waals surface area contributed by atoms with E-state index < -0.39 is 0 Å². The maximum absolute atomic E-state index is 13.0. The van der Waals surface area contributed by atoms with Gasteiger partial charge in [0.15, 0.2) is 0 Å². The van der Waals surface area contributed by atoms with Crippen LogP contribution in [0.15, 0.2) is 24.3 Å². The van der Waals surface area contributed by atoms with Gasteiger partial charge < -0.3 is 19.9 Å². The van der Waals surface area contributed by atoms with E-state index in [2.05, 4.69) is 5.32 Å². The van der Waals surface area contributed by atoms with Crippen molar-refractivity contribution in [3.63, 3.8) is 0 Å². The minimum Gasteiger partial charge on any atom is -0.378 e. The molecule has 0 saturated carbocycles. The summed E-state index contributed by atoms with van der Waals surface area (Å²) in [5, 5.41) is 3.21. The molecule has 1 N–H and O–H groups in total. The van der Waals surface area contributed by atoms with Crippen molar-refractivity contribution in [2.24, 2.45) is 0 Å². The van der Waals surface area contributed by atoms with Gasteiger partial charge in [-0.3, -0.25) is 9.69 Å². The van der Waals surface area contributed by atoms with Gasteiger partial charge in [0.05, 0.1) is 13.2 Å². The van der Waals surface area contributed by atoms with E-state index in [0.717, 1.165) is 24.0 Å². The molecule has 7 nitrogen and oxygen atoms in total. The SMILES string of the molecule is Cc1ccccc1C(C(=O)NC1CCN(C(=O)N2CCOCC2)CC1)N(C)C. The molecule has 1 aromatic carbocycles. The Morgan fingerprint density at radius 3 is 2.29 bits per heavy atom. The number of benzene rings is 1. The molecule has 1 aromatic rings. The number of nitrogens with one attached hydrogen (secondary N) is 1. The van der Waals surface area contributed by atoms with Gasteiger partial charge in [0, 0.05) is 32.2 Å². The molecule has 3 rings (SSSR count). The van der Waals surface area contributed by atoms with Gasteiger partial charge in [-0.15, -0.1) is 0 Å². The molecule has 28 heavy (non-hydrogen) atoms. The number of piperidine rings is 1. The number of morpholine rings is 1. The topological polar surface area (TPSA) is 65.1 Å². The van der Waals surface area contributed by atoms with Crippen molar-refractivity contribution in [1.82, 2.24) is 20.0 Å². The van der Waals surface area contributed by atoms with Crippen LogP contribution in [0.5, 0.6) is 0 Å². The molecular weight excluding hydrogens is 356 g/mol. The molecule has 7 heteroatoms. The van der Waals surface area contributed by atoms with E-state index in [0.29, 0.717) is 39.4 Å². The fourth-order valence-corrected chi connectivity index (χ4v) is 4.00. The third-order valence-electron chi connectivity index (χ3n) is 5.64. The summed E-state index contributed by atoms with van der Waals surface area (Å²) in [6.45, 7) is 5.95. The maximum atomic E-state index is 13.0. The molecular formula is C21H32N4O3. The number of amides is 3. The standard InChI is InChI=1S/C21H32N4O3/c1-16-6-4-5-7-18(16)19(23(2)3)20(26)22-17-8-10-24(11-9-17)21(27)25-12-14-28-15-13-25/h4-7,17,19H,8-15H2,1-3H3,(H,22,26). The summed E-state index contributed by atoms with van der Waals surface area (Å²) < 4.78 is 5.32. The van der Waals surface area contributed by atoms with E-state index in [1.165, 1.54) is 0 Å². The molecule has 2 aliphatic rings. The summed E-state index contributed by atoms with van der Waals surface area (Å²) in [5.74, 6) is 0.0252. The Bertz CT molecular complexity index is 680. The van der Waals surface area contributed by atoms with Crippen LogP contribution in [0.3, 0.4) is 0 Å². The average molecular weight is 389 g/mol. The lowest BCUT2D eigenvalue weighted by molar-refractivity contribution is -0.126. The second-order valence-electron chi connectivity index (χ2n) is 7.87. The second-order valence-corrected chi connectivity index (χ2v) is 7.87. The van der Waals surface area contributed by atoms with E-state index in [1.807, 2.05) is 60.0 Å². The van der Waals surface area contributed by atoms with Crippen molar-refractivity contribution in [3.8, 4) is 0 Å². The zero-order valence-electron chi connectivity index (χ0n) is 17.2. The molecule has 1 unspecified atom stereocenters. The largest absolute Gasteiger partial charge is 0.378 e. The highest BCUT2D eigenvalue weighted by Gasteiger charge is 2.30. The summed E-state index contributed by atoms with van der Waals surface area (Å²) >= 11 is 0. The molecule has 3 amide bonds. The van der Waals surface area contributed by atoms with Crippen molar-refractivity contribution in [3.05, 3.63) is 35.4 Å². The molecule has 2 heterocycles. The van der Waals surface area contributed by atoms with Crippen molar-refractivity contribution in [2.75, 3.05) is 53.5 Å².